The van der Waals surface area contributed by atoms with Crippen LogP contribution in [0.2, 0.25) is 0 Å². The monoisotopic (exact) mass is 227 g/mol. The van der Waals surface area contributed by atoms with Gasteiger partial charge in [-0.2, -0.15) is 0 Å². The van der Waals surface area contributed by atoms with E-state index in [1.54, 1.807) is 0 Å². The van der Waals surface area contributed by atoms with Crippen LogP contribution in [0, 0.1) is 0 Å². The van der Waals surface area contributed by atoms with E-state index in [9.17, 15) is 0 Å². The number of hydrogen-bond acceptors (Lipinski definition) is 3. The molecule has 15 heavy (non-hydrogen) atoms. The number of aromatic nitrogens is 1. The highest BCUT2D eigenvalue weighted by molar-refractivity contribution is 5.85. The lowest BCUT2D eigenvalue weighted by Crippen LogP contribution is -2.32. The van der Waals surface area contributed by atoms with Gasteiger partial charge in [0.15, 0.2) is 0 Å². The first-order chi connectivity index (χ1) is 6.86. The second-order valence-electron chi connectivity index (χ2n) is 3.92. The standard InChI is InChI=1S/C11H17N3.ClH/c1-14(11-4-7-13-8-11)9-10-2-5-12-6-3-10;/h2-3,5-6,11,13H,4,7-9H2,1H3;1H. The summed E-state index contributed by atoms with van der Waals surface area (Å²) in [5, 5.41) is 3.38. The molecule has 0 aromatic carbocycles. The zero-order valence-electron chi connectivity index (χ0n) is 9.02. The summed E-state index contributed by atoms with van der Waals surface area (Å²) in [5.74, 6) is 0. The number of hydrogen-bond donors (Lipinski definition) is 1. The van der Waals surface area contributed by atoms with Gasteiger partial charge in [0.25, 0.3) is 0 Å². The van der Waals surface area contributed by atoms with Crippen molar-refractivity contribution in [1.82, 2.24) is 15.2 Å². The van der Waals surface area contributed by atoms with E-state index in [2.05, 4.69) is 34.4 Å². The molecule has 3 nitrogen and oxygen atoms in total. The number of pyridine rings is 1. The predicted octanol–water partition coefficient (Wildman–Crippen LogP) is 1.30. The van der Waals surface area contributed by atoms with E-state index >= 15 is 0 Å². The van der Waals surface area contributed by atoms with Crippen molar-refractivity contribution in [3.63, 3.8) is 0 Å². The maximum Gasteiger partial charge on any atom is 0.0271 e. The molecule has 0 spiro atoms. The van der Waals surface area contributed by atoms with E-state index in [0.717, 1.165) is 19.6 Å². The Bertz CT molecular complexity index is 272. The second kappa shape index (κ2) is 6.05. The van der Waals surface area contributed by atoms with Gasteiger partial charge in [-0.15, -0.1) is 12.4 Å². The first kappa shape index (κ1) is 12.4. The zero-order chi connectivity index (χ0) is 9.80. The van der Waals surface area contributed by atoms with E-state index < -0.39 is 0 Å². The summed E-state index contributed by atoms with van der Waals surface area (Å²) in [6, 6.07) is 4.86. The average Bonchev–Trinajstić information content (AvgIpc) is 2.72. The van der Waals surface area contributed by atoms with Gasteiger partial charge < -0.3 is 5.32 Å². The van der Waals surface area contributed by atoms with Gasteiger partial charge in [-0.3, -0.25) is 9.88 Å². The summed E-state index contributed by atoms with van der Waals surface area (Å²) in [6.07, 6.45) is 4.98. The summed E-state index contributed by atoms with van der Waals surface area (Å²) in [4.78, 5) is 6.43. The Morgan fingerprint density at radius 3 is 2.80 bits per heavy atom. The van der Waals surface area contributed by atoms with Crippen LogP contribution in [0.4, 0.5) is 0 Å². The Hall–Kier alpha value is -0.640. The van der Waals surface area contributed by atoms with Gasteiger partial charge in [0.05, 0.1) is 0 Å². The maximum absolute atomic E-state index is 4.02. The van der Waals surface area contributed by atoms with E-state index in [-0.39, 0.29) is 12.4 Å². The molecule has 1 unspecified atom stereocenters. The fourth-order valence-corrected chi connectivity index (χ4v) is 1.92. The van der Waals surface area contributed by atoms with Gasteiger partial charge in [-0.1, -0.05) is 0 Å². The lowest BCUT2D eigenvalue weighted by molar-refractivity contribution is 0.249. The van der Waals surface area contributed by atoms with Crippen molar-refractivity contribution in [2.45, 2.75) is 19.0 Å². The van der Waals surface area contributed by atoms with Crippen molar-refractivity contribution in [3.8, 4) is 0 Å². The van der Waals surface area contributed by atoms with Gasteiger partial charge in [-0.25, -0.2) is 0 Å². The first-order valence-electron chi connectivity index (χ1n) is 5.16. The van der Waals surface area contributed by atoms with Crippen LogP contribution in [0.15, 0.2) is 24.5 Å². The summed E-state index contributed by atoms with van der Waals surface area (Å²) < 4.78 is 0. The third kappa shape index (κ3) is 3.45. The summed E-state index contributed by atoms with van der Waals surface area (Å²) >= 11 is 0. The maximum atomic E-state index is 4.02. The molecule has 4 heteroatoms. The van der Waals surface area contributed by atoms with Gasteiger partial charge >= 0.3 is 0 Å². The highest BCUT2D eigenvalue weighted by Crippen LogP contribution is 2.10. The van der Waals surface area contributed by atoms with Crippen molar-refractivity contribution in [3.05, 3.63) is 30.1 Å². The summed E-state index contributed by atoms with van der Waals surface area (Å²) in [7, 11) is 2.19. The Balaban J connectivity index is 0.00000112. The van der Waals surface area contributed by atoms with Crippen LogP contribution in [0.1, 0.15) is 12.0 Å². The molecular formula is C11H18ClN3. The van der Waals surface area contributed by atoms with Gasteiger partial charge in [0, 0.05) is 31.5 Å². The molecule has 1 aromatic heterocycles. The van der Waals surface area contributed by atoms with E-state index in [4.69, 9.17) is 0 Å². The minimum Gasteiger partial charge on any atom is -0.315 e. The van der Waals surface area contributed by atoms with E-state index in [0.29, 0.717) is 6.04 Å². The van der Waals surface area contributed by atoms with Crippen LogP contribution in [0.5, 0.6) is 0 Å². The number of nitrogens with one attached hydrogen (secondary N) is 1. The topological polar surface area (TPSA) is 28.2 Å². The molecule has 2 rings (SSSR count). The highest BCUT2D eigenvalue weighted by Gasteiger charge is 2.18. The molecule has 84 valence electrons. The van der Waals surface area contributed by atoms with Crippen LogP contribution in [-0.4, -0.2) is 36.1 Å². The lowest BCUT2D eigenvalue weighted by atomic mass is 10.2. The van der Waals surface area contributed by atoms with Crippen molar-refractivity contribution < 1.29 is 0 Å². The van der Waals surface area contributed by atoms with Crippen molar-refractivity contribution in [1.29, 1.82) is 0 Å². The Morgan fingerprint density at radius 1 is 1.47 bits per heavy atom. The van der Waals surface area contributed by atoms with E-state index in [1.807, 2.05) is 12.4 Å². The van der Waals surface area contributed by atoms with Gasteiger partial charge in [-0.05, 0) is 37.7 Å². The smallest absolute Gasteiger partial charge is 0.0271 e. The number of nitrogens with zero attached hydrogens (tertiary/aromatic N) is 2. The first-order valence-corrected chi connectivity index (χ1v) is 5.16. The lowest BCUT2D eigenvalue weighted by Gasteiger charge is -2.23. The molecule has 1 atom stereocenters. The van der Waals surface area contributed by atoms with Crippen molar-refractivity contribution in [2.75, 3.05) is 20.1 Å². The summed E-state index contributed by atoms with van der Waals surface area (Å²) in [5.41, 5.74) is 1.34. The number of likely N-dealkylation sites (N-methyl/N-ethyl adjacent to an activating group) is 1. The minimum atomic E-state index is 0. The van der Waals surface area contributed by atoms with Gasteiger partial charge in [0.1, 0.15) is 0 Å². The third-order valence-corrected chi connectivity index (χ3v) is 2.84. The normalized spacial score (nSPS) is 20.3. The molecule has 1 saturated heterocycles. The van der Waals surface area contributed by atoms with Crippen LogP contribution in [-0.2, 0) is 6.54 Å². The molecule has 1 aliphatic heterocycles. The molecule has 2 heterocycles. The number of rotatable bonds is 3. The Morgan fingerprint density at radius 2 is 2.20 bits per heavy atom. The number of halogens is 1. The molecular weight excluding hydrogens is 210 g/mol. The molecule has 1 aliphatic rings. The predicted molar refractivity (Wildman–Crippen MR) is 64.2 cm³/mol. The molecule has 0 radical (unpaired) electrons. The second-order valence-corrected chi connectivity index (χ2v) is 3.92. The van der Waals surface area contributed by atoms with Crippen LogP contribution >= 0.6 is 12.4 Å². The fraction of sp³-hybridized carbons (Fsp3) is 0.545. The van der Waals surface area contributed by atoms with Crippen LogP contribution < -0.4 is 5.32 Å². The Kier molecular flexibility index (Phi) is 5.02. The molecule has 0 amide bonds. The average molecular weight is 228 g/mol. The molecule has 1 N–H and O–H groups in total. The molecule has 0 aliphatic carbocycles. The van der Waals surface area contributed by atoms with Crippen LogP contribution in [0.3, 0.4) is 0 Å². The zero-order valence-corrected chi connectivity index (χ0v) is 9.83. The quantitative estimate of drug-likeness (QED) is 0.844. The molecule has 1 fully saturated rings. The SMILES string of the molecule is CN(Cc1ccncc1)C1CCNC1.Cl. The highest BCUT2D eigenvalue weighted by atomic mass is 35.5. The molecule has 1 aromatic rings. The molecule has 0 bridgehead atoms. The van der Waals surface area contributed by atoms with Gasteiger partial charge in [0.2, 0.25) is 0 Å². The van der Waals surface area contributed by atoms with Crippen molar-refractivity contribution >= 4 is 12.4 Å². The van der Waals surface area contributed by atoms with E-state index in [1.165, 1.54) is 12.0 Å². The largest absolute Gasteiger partial charge is 0.315 e. The van der Waals surface area contributed by atoms with Crippen LogP contribution in [0.25, 0.3) is 0 Å². The third-order valence-electron chi connectivity index (χ3n) is 2.84. The summed E-state index contributed by atoms with van der Waals surface area (Å²) in [6.45, 7) is 3.31. The minimum absolute atomic E-state index is 0. The Labute approximate surface area is 97.3 Å². The fourth-order valence-electron chi connectivity index (χ4n) is 1.92. The molecule has 0 saturated carbocycles. The van der Waals surface area contributed by atoms with Crippen molar-refractivity contribution in [2.24, 2.45) is 0 Å².